The molecule has 0 saturated heterocycles. The minimum atomic E-state index is -0.966. The van der Waals surface area contributed by atoms with E-state index in [1.54, 1.807) is 6.20 Å². The maximum Gasteiger partial charge on any atom is 0.224 e. The summed E-state index contributed by atoms with van der Waals surface area (Å²) in [6, 6.07) is 1.49. The summed E-state index contributed by atoms with van der Waals surface area (Å²) >= 11 is 0. The zero-order valence-corrected chi connectivity index (χ0v) is 21.2. The van der Waals surface area contributed by atoms with Crippen molar-refractivity contribution in [2.75, 3.05) is 5.32 Å². The quantitative estimate of drug-likeness (QED) is 0.424. The van der Waals surface area contributed by atoms with Crippen LogP contribution in [0.5, 0.6) is 0 Å². The van der Waals surface area contributed by atoms with E-state index in [4.69, 9.17) is 4.98 Å². The fraction of sp³-hybridized carbons (Fsp3) is 0.593. The molecule has 2 fully saturated rings. The van der Waals surface area contributed by atoms with E-state index in [2.05, 4.69) is 15.3 Å². The zero-order valence-electron chi connectivity index (χ0n) is 21.2. The van der Waals surface area contributed by atoms with Crippen LogP contribution in [0, 0.1) is 23.4 Å². The zero-order chi connectivity index (χ0) is 26.3. The second-order valence-corrected chi connectivity index (χ2v) is 11.1. The molecule has 1 aromatic carbocycles. The Bertz CT molecular complexity index is 1240. The van der Waals surface area contributed by atoms with Gasteiger partial charge in [0.25, 0.3) is 0 Å². The van der Waals surface area contributed by atoms with Gasteiger partial charge in [0.15, 0.2) is 5.65 Å². The number of aliphatic hydroxyl groups is 2. The van der Waals surface area contributed by atoms with Crippen LogP contribution in [-0.2, 0) is 6.42 Å². The number of nitrogens with one attached hydrogen (secondary N) is 1. The van der Waals surface area contributed by atoms with Crippen molar-refractivity contribution >= 4 is 17.1 Å². The molecule has 5 rings (SSSR count). The van der Waals surface area contributed by atoms with E-state index in [-0.39, 0.29) is 36.1 Å². The number of anilines is 1. The maximum absolute atomic E-state index is 14.5. The van der Waals surface area contributed by atoms with Crippen molar-refractivity contribution in [3.8, 4) is 0 Å². The van der Waals surface area contributed by atoms with Crippen molar-refractivity contribution < 1.29 is 23.4 Å². The summed E-state index contributed by atoms with van der Waals surface area (Å²) in [6.07, 6.45) is 7.28. The van der Waals surface area contributed by atoms with Crippen LogP contribution < -0.4 is 5.32 Å². The summed E-state index contributed by atoms with van der Waals surface area (Å²) < 4.78 is 44.4. The molecule has 0 aliphatic heterocycles. The van der Waals surface area contributed by atoms with E-state index in [9.17, 15) is 23.4 Å². The first kappa shape index (κ1) is 25.9. The van der Waals surface area contributed by atoms with Crippen LogP contribution >= 0.6 is 0 Å². The molecule has 2 aromatic heterocycles. The summed E-state index contributed by atoms with van der Waals surface area (Å²) in [5.41, 5.74) is 0.145. The standard InChI is InChI=1S/C27H34F3N5O2/c1-27(2,37)15-3-5-17(6-4-15)32-26-31-14-23-25(34-26)35(18-7-9-19(36)10-8-18)24(33-23)13-20-21(29)11-16(28)12-22(20)30/h11-12,14-15,17-19,36-37H,3-10,13H2,1-2H3,(H,31,32,34)/t15?,17?,18-,19+. The maximum atomic E-state index is 14.5. The number of aliphatic hydroxyl groups excluding tert-OH is 1. The van der Waals surface area contributed by atoms with Crippen LogP contribution in [0.3, 0.4) is 0 Å². The van der Waals surface area contributed by atoms with E-state index in [1.807, 2.05) is 18.4 Å². The number of nitrogens with zero attached hydrogens (tertiary/aromatic N) is 4. The van der Waals surface area contributed by atoms with E-state index >= 15 is 0 Å². The van der Waals surface area contributed by atoms with Crippen LogP contribution in [0.1, 0.15) is 82.6 Å². The van der Waals surface area contributed by atoms with Gasteiger partial charge in [-0.1, -0.05) is 0 Å². The average molecular weight is 518 g/mol. The second-order valence-electron chi connectivity index (χ2n) is 11.1. The van der Waals surface area contributed by atoms with Crippen molar-refractivity contribution in [3.05, 3.63) is 47.2 Å². The molecule has 0 bridgehead atoms. The van der Waals surface area contributed by atoms with Gasteiger partial charge in [-0.2, -0.15) is 4.98 Å². The molecular weight excluding hydrogens is 483 g/mol. The molecule has 2 saturated carbocycles. The fourth-order valence-electron chi connectivity index (χ4n) is 5.86. The minimum absolute atomic E-state index is 0.0417. The van der Waals surface area contributed by atoms with Crippen molar-refractivity contribution in [1.82, 2.24) is 19.5 Å². The molecule has 37 heavy (non-hydrogen) atoms. The molecule has 2 aliphatic rings. The Hall–Kier alpha value is -2.72. The molecule has 3 N–H and O–H groups in total. The van der Waals surface area contributed by atoms with Gasteiger partial charge < -0.3 is 20.1 Å². The van der Waals surface area contributed by atoms with E-state index in [1.165, 1.54) is 0 Å². The third kappa shape index (κ3) is 5.60. The Kier molecular flexibility index (Phi) is 7.15. The molecule has 0 spiro atoms. The van der Waals surface area contributed by atoms with Gasteiger partial charge in [0, 0.05) is 36.2 Å². The van der Waals surface area contributed by atoms with Crippen LogP contribution in [0.2, 0.25) is 0 Å². The number of hydrogen-bond donors (Lipinski definition) is 3. The first-order valence-corrected chi connectivity index (χ1v) is 13.1. The van der Waals surface area contributed by atoms with E-state index in [0.717, 1.165) is 25.7 Å². The van der Waals surface area contributed by atoms with Crippen molar-refractivity contribution in [2.24, 2.45) is 5.92 Å². The molecular formula is C27H34F3N5O2. The summed E-state index contributed by atoms with van der Waals surface area (Å²) in [4.78, 5) is 13.8. The Labute approximate surface area is 214 Å². The van der Waals surface area contributed by atoms with Gasteiger partial charge in [0.2, 0.25) is 5.95 Å². The highest BCUT2D eigenvalue weighted by Gasteiger charge is 2.32. The first-order valence-electron chi connectivity index (χ1n) is 13.1. The van der Waals surface area contributed by atoms with Gasteiger partial charge in [-0.15, -0.1) is 0 Å². The molecule has 0 amide bonds. The normalized spacial score (nSPS) is 24.9. The molecule has 7 nitrogen and oxygen atoms in total. The van der Waals surface area contributed by atoms with Crippen molar-refractivity contribution in [3.63, 3.8) is 0 Å². The molecule has 2 aliphatic carbocycles. The van der Waals surface area contributed by atoms with Crippen molar-refractivity contribution in [1.29, 1.82) is 0 Å². The number of hydrogen-bond acceptors (Lipinski definition) is 6. The largest absolute Gasteiger partial charge is 0.393 e. The van der Waals surface area contributed by atoms with Gasteiger partial charge in [0.05, 0.1) is 17.9 Å². The number of halogens is 3. The van der Waals surface area contributed by atoms with Crippen LogP contribution in [0.4, 0.5) is 19.1 Å². The lowest BCUT2D eigenvalue weighted by molar-refractivity contribution is -0.000416. The molecule has 3 aromatic rings. The van der Waals surface area contributed by atoms with Gasteiger partial charge in [0.1, 0.15) is 28.8 Å². The van der Waals surface area contributed by atoms with E-state index in [0.29, 0.717) is 60.8 Å². The predicted octanol–water partition coefficient (Wildman–Crippen LogP) is 5.05. The lowest BCUT2D eigenvalue weighted by Gasteiger charge is -2.36. The number of fused-ring (bicyclic) bond motifs is 1. The molecule has 10 heteroatoms. The van der Waals surface area contributed by atoms with Gasteiger partial charge >= 0.3 is 0 Å². The van der Waals surface area contributed by atoms with Crippen LogP contribution in [0.15, 0.2) is 18.3 Å². The molecule has 0 radical (unpaired) electrons. The molecule has 0 unspecified atom stereocenters. The van der Waals surface area contributed by atoms with Gasteiger partial charge in [-0.05, 0) is 71.1 Å². The third-order valence-electron chi connectivity index (χ3n) is 8.04. The number of rotatable bonds is 6. The summed E-state index contributed by atoms with van der Waals surface area (Å²) in [5.74, 6) is -1.73. The summed E-state index contributed by atoms with van der Waals surface area (Å²) in [5, 5.41) is 23.8. The third-order valence-corrected chi connectivity index (χ3v) is 8.04. The Morgan fingerprint density at radius 1 is 0.973 bits per heavy atom. The lowest BCUT2D eigenvalue weighted by atomic mass is 9.77. The summed E-state index contributed by atoms with van der Waals surface area (Å²) in [6.45, 7) is 3.71. The second kappa shape index (κ2) is 10.2. The average Bonchev–Trinajstić information content (AvgIpc) is 3.19. The fourth-order valence-corrected chi connectivity index (χ4v) is 5.86. The van der Waals surface area contributed by atoms with Gasteiger partial charge in [-0.3, -0.25) is 0 Å². The monoisotopic (exact) mass is 517 g/mol. The Morgan fingerprint density at radius 2 is 1.62 bits per heavy atom. The van der Waals surface area contributed by atoms with Crippen molar-refractivity contribution in [2.45, 2.75) is 95.4 Å². The molecule has 0 atom stereocenters. The van der Waals surface area contributed by atoms with Crippen LogP contribution in [-0.4, -0.2) is 47.5 Å². The summed E-state index contributed by atoms with van der Waals surface area (Å²) in [7, 11) is 0. The van der Waals surface area contributed by atoms with Crippen LogP contribution in [0.25, 0.3) is 11.2 Å². The number of aromatic nitrogens is 4. The molecule has 200 valence electrons. The minimum Gasteiger partial charge on any atom is -0.393 e. The Balaban J connectivity index is 1.45. The Morgan fingerprint density at radius 3 is 2.24 bits per heavy atom. The first-order chi connectivity index (χ1) is 17.6. The highest BCUT2D eigenvalue weighted by molar-refractivity contribution is 5.72. The topological polar surface area (TPSA) is 96.1 Å². The lowest BCUT2D eigenvalue weighted by Crippen LogP contribution is -2.37. The number of imidazole rings is 1. The van der Waals surface area contributed by atoms with E-state index < -0.39 is 23.1 Å². The smallest absolute Gasteiger partial charge is 0.224 e. The predicted molar refractivity (Wildman–Crippen MR) is 134 cm³/mol. The highest BCUT2D eigenvalue weighted by atomic mass is 19.1. The van der Waals surface area contributed by atoms with Gasteiger partial charge in [-0.25, -0.2) is 23.1 Å². The highest BCUT2D eigenvalue weighted by Crippen LogP contribution is 2.35. The molecule has 2 heterocycles. The SMILES string of the molecule is CC(C)(O)C1CCC(Nc2ncc3nc(Cc4c(F)cc(F)cc4F)n([C@H]4CC[C@@H](O)CC4)c3n2)CC1. The number of benzene rings is 1.